The molecule has 2 aliphatic carbocycles. The number of aromatic nitrogens is 2. The van der Waals surface area contributed by atoms with Gasteiger partial charge in [-0.3, -0.25) is 0 Å². The molecule has 0 spiro atoms. The van der Waals surface area contributed by atoms with Crippen molar-refractivity contribution in [1.82, 2.24) is 20.4 Å². The van der Waals surface area contributed by atoms with E-state index in [0.717, 1.165) is 44.2 Å². The molecule has 6 nitrogen and oxygen atoms in total. The summed E-state index contributed by atoms with van der Waals surface area (Å²) in [5, 5.41) is 7.30. The molecule has 1 aromatic carbocycles. The van der Waals surface area contributed by atoms with Crippen LogP contribution in [0.3, 0.4) is 0 Å². The number of urea groups is 1. The zero-order valence-electron chi connectivity index (χ0n) is 15.5. The van der Waals surface area contributed by atoms with E-state index in [1.54, 1.807) is 0 Å². The number of nitrogens with one attached hydrogen (secondary N) is 1. The molecule has 2 aliphatic rings. The number of carbonyl (C=O) groups excluding carboxylic acids is 1. The molecule has 4 rings (SSSR count). The van der Waals surface area contributed by atoms with Gasteiger partial charge in [0.05, 0.1) is 6.04 Å². The first kappa shape index (κ1) is 17.1. The Morgan fingerprint density at radius 3 is 2.81 bits per heavy atom. The summed E-state index contributed by atoms with van der Waals surface area (Å²) in [6.45, 7) is 4.82. The Morgan fingerprint density at radius 2 is 2.15 bits per heavy atom. The lowest BCUT2D eigenvalue weighted by Crippen LogP contribution is -2.49. The van der Waals surface area contributed by atoms with Gasteiger partial charge in [-0.1, -0.05) is 24.2 Å². The van der Waals surface area contributed by atoms with Crippen molar-refractivity contribution in [1.29, 1.82) is 0 Å². The van der Waals surface area contributed by atoms with Crippen LogP contribution in [0.15, 0.2) is 22.7 Å². The summed E-state index contributed by atoms with van der Waals surface area (Å²) in [5.41, 5.74) is 3.46. The van der Waals surface area contributed by atoms with E-state index in [2.05, 4.69) is 34.5 Å². The first-order valence-corrected chi connectivity index (χ1v) is 9.72. The second-order valence-corrected chi connectivity index (χ2v) is 7.19. The monoisotopic (exact) mass is 354 g/mol. The molecule has 0 aliphatic heterocycles. The lowest BCUT2D eigenvalue weighted by molar-refractivity contribution is 0.139. The molecule has 0 radical (unpaired) electrons. The van der Waals surface area contributed by atoms with Crippen LogP contribution in [0.4, 0.5) is 4.79 Å². The van der Waals surface area contributed by atoms with Gasteiger partial charge in [-0.15, -0.1) is 0 Å². The molecule has 0 saturated heterocycles. The van der Waals surface area contributed by atoms with E-state index in [-0.39, 0.29) is 12.1 Å². The van der Waals surface area contributed by atoms with E-state index in [4.69, 9.17) is 4.52 Å². The fraction of sp³-hybridized carbons (Fsp3) is 0.550. The third kappa shape index (κ3) is 3.08. The zero-order valence-corrected chi connectivity index (χ0v) is 15.5. The van der Waals surface area contributed by atoms with Gasteiger partial charge in [0.25, 0.3) is 0 Å². The summed E-state index contributed by atoms with van der Waals surface area (Å²) in [5.74, 6) is 1.29. The molecular weight excluding hydrogens is 328 g/mol. The third-order valence-corrected chi connectivity index (χ3v) is 5.66. The largest absolute Gasteiger partial charge is 0.339 e. The first-order valence-electron chi connectivity index (χ1n) is 9.72. The van der Waals surface area contributed by atoms with Crippen molar-refractivity contribution in [3.8, 4) is 11.4 Å². The molecule has 138 valence electrons. The number of aryl methyl sites for hydroxylation is 2. The van der Waals surface area contributed by atoms with Gasteiger partial charge in [-0.05, 0) is 56.2 Å². The van der Waals surface area contributed by atoms with E-state index in [1.807, 2.05) is 17.9 Å². The zero-order chi connectivity index (χ0) is 18.1. The summed E-state index contributed by atoms with van der Waals surface area (Å²) in [4.78, 5) is 19.1. The predicted octanol–water partition coefficient (Wildman–Crippen LogP) is 3.87. The standard InChI is InChI=1S/C20H26N4O2/c1-3-18-22-19(23-26-18)14-8-10-16-13(12-14)9-11-17(16)21-20(25)24(4-2)15-6-5-7-15/h8,10,12,15,17H,3-7,9,11H2,1-2H3,(H,21,25). The van der Waals surface area contributed by atoms with Crippen molar-refractivity contribution in [2.45, 2.75) is 64.5 Å². The SMILES string of the molecule is CCc1nc(-c2ccc3c(c2)CCC3NC(=O)N(CC)C2CCC2)no1. The Morgan fingerprint density at radius 1 is 1.31 bits per heavy atom. The normalized spacial score (nSPS) is 19.1. The smallest absolute Gasteiger partial charge is 0.318 e. The Balaban J connectivity index is 1.48. The van der Waals surface area contributed by atoms with E-state index < -0.39 is 0 Å². The highest BCUT2D eigenvalue weighted by molar-refractivity contribution is 5.75. The van der Waals surface area contributed by atoms with Gasteiger partial charge in [0.2, 0.25) is 11.7 Å². The van der Waals surface area contributed by atoms with E-state index in [9.17, 15) is 4.79 Å². The van der Waals surface area contributed by atoms with Crippen LogP contribution in [-0.2, 0) is 12.8 Å². The molecule has 2 amide bonds. The van der Waals surface area contributed by atoms with Crippen molar-refractivity contribution in [2.24, 2.45) is 0 Å². The van der Waals surface area contributed by atoms with Gasteiger partial charge in [-0.2, -0.15) is 4.98 Å². The average molecular weight is 354 g/mol. The average Bonchev–Trinajstić information content (AvgIpc) is 3.24. The molecule has 1 unspecified atom stereocenters. The van der Waals surface area contributed by atoms with Gasteiger partial charge in [0.15, 0.2) is 0 Å². The van der Waals surface area contributed by atoms with Crippen molar-refractivity contribution in [3.05, 3.63) is 35.2 Å². The topological polar surface area (TPSA) is 71.3 Å². The van der Waals surface area contributed by atoms with Crippen molar-refractivity contribution >= 4 is 6.03 Å². The number of hydrogen-bond acceptors (Lipinski definition) is 4. The number of benzene rings is 1. The molecule has 26 heavy (non-hydrogen) atoms. The van der Waals surface area contributed by atoms with Crippen molar-refractivity contribution in [2.75, 3.05) is 6.54 Å². The number of rotatable bonds is 5. The van der Waals surface area contributed by atoms with Gasteiger partial charge in [-0.25, -0.2) is 4.79 Å². The van der Waals surface area contributed by atoms with Crippen LogP contribution >= 0.6 is 0 Å². The Hall–Kier alpha value is -2.37. The minimum Gasteiger partial charge on any atom is -0.339 e. The molecule has 0 bridgehead atoms. The van der Waals surface area contributed by atoms with Crippen LogP contribution in [0.25, 0.3) is 11.4 Å². The molecule has 1 atom stereocenters. The number of amides is 2. The minimum atomic E-state index is 0.0740. The molecule has 1 fully saturated rings. The maximum absolute atomic E-state index is 12.7. The van der Waals surface area contributed by atoms with Gasteiger partial charge < -0.3 is 14.7 Å². The fourth-order valence-electron chi connectivity index (χ4n) is 3.92. The highest BCUT2D eigenvalue weighted by Gasteiger charge is 2.31. The number of fused-ring (bicyclic) bond motifs is 1. The van der Waals surface area contributed by atoms with Crippen LogP contribution in [0.2, 0.25) is 0 Å². The van der Waals surface area contributed by atoms with Crippen LogP contribution in [0.5, 0.6) is 0 Å². The quantitative estimate of drug-likeness (QED) is 0.885. The Kier molecular flexibility index (Phi) is 4.66. The predicted molar refractivity (Wildman–Crippen MR) is 98.7 cm³/mol. The molecule has 1 aromatic heterocycles. The molecule has 2 aromatic rings. The minimum absolute atomic E-state index is 0.0740. The van der Waals surface area contributed by atoms with E-state index in [0.29, 0.717) is 17.8 Å². The first-order chi connectivity index (χ1) is 12.7. The molecular formula is C20H26N4O2. The van der Waals surface area contributed by atoms with Gasteiger partial charge >= 0.3 is 6.03 Å². The summed E-state index contributed by atoms with van der Waals surface area (Å²) in [7, 11) is 0. The molecule has 1 saturated carbocycles. The number of carbonyl (C=O) groups is 1. The fourth-order valence-corrected chi connectivity index (χ4v) is 3.92. The van der Waals surface area contributed by atoms with Crippen LogP contribution in [0.1, 0.15) is 62.6 Å². The lowest BCUT2D eigenvalue weighted by Gasteiger charge is -2.37. The van der Waals surface area contributed by atoms with Crippen molar-refractivity contribution in [3.63, 3.8) is 0 Å². The van der Waals surface area contributed by atoms with Crippen LogP contribution in [0, 0.1) is 0 Å². The van der Waals surface area contributed by atoms with Gasteiger partial charge in [0.1, 0.15) is 0 Å². The summed E-state index contributed by atoms with van der Waals surface area (Å²) >= 11 is 0. The number of hydrogen-bond donors (Lipinski definition) is 1. The summed E-state index contributed by atoms with van der Waals surface area (Å²) in [6, 6.07) is 6.85. The second kappa shape index (κ2) is 7.09. The third-order valence-electron chi connectivity index (χ3n) is 5.66. The molecule has 1 N–H and O–H groups in total. The Labute approximate surface area is 154 Å². The Bertz CT molecular complexity index is 797. The summed E-state index contributed by atoms with van der Waals surface area (Å²) < 4.78 is 5.21. The maximum Gasteiger partial charge on any atom is 0.318 e. The highest BCUT2D eigenvalue weighted by atomic mass is 16.5. The van der Waals surface area contributed by atoms with Gasteiger partial charge in [0, 0.05) is 24.6 Å². The lowest BCUT2D eigenvalue weighted by atomic mass is 9.92. The number of nitrogens with zero attached hydrogens (tertiary/aromatic N) is 3. The van der Waals surface area contributed by atoms with Crippen LogP contribution < -0.4 is 5.32 Å². The summed E-state index contributed by atoms with van der Waals surface area (Å²) in [6.07, 6.45) is 6.15. The van der Waals surface area contributed by atoms with Crippen molar-refractivity contribution < 1.29 is 9.32 Å². The maximum atomic E-state index is 12.7. The van der Waals surface area contributed by atoms with Crippen LogP contribution in [-0.4, -0.2) is 33.7 Å². The molecule has 6 heteroatoms. The highest BCUT2D eigenvalue weighted by Crippen LogP contribution is 2.34. The van der Waals surface area contributed by atoms with E-state index >= 15 is 0 Å². The second-order valence-electron chi connectivity index (χ2n) is 7.19. The van der Waals surface area contributed by atoms with E-state index in [1.165, 1.54) is 17.5 Å². The molecule has 1 heterocycles.